The Hall–Kier alpha value is -1.72. The minimum Gasteiger partial charge on any atom is -0.320 e. The molecule has 2 aromatic rings. The molecule has 1 heterocycles. The van der Waals surface area contributed by atoms with E-state index in [-0.39, 0.29) is 5.91 Å². The van der Waals surface area contributed by atoms with E-state index < -0.39 is 0 Å². The number of thiazole rings is 1. The van der Waals surface area contributed by atoms with Crippen molar-refractivity contribution in [1.29, 1.82) is 0 Å². The van der Waals surface area contributed by atoms with Crippen LogP contribution in [0.1, 0.15) is 30.4 Å². The molecule has 1 amide bonds. The molecule has 1 aromatic heterocycles. The third kappa shape index (κ3) is 3.54. The molecule has 2 N–H and O–H groups in total. The second-order valence-corrected chi connectivity index (χ2v) is 6.49. The SMILES string of the molecule is CNCCCC(=O)Nc1nc(-c2ccc3c(c2)CCC3)cs1. The van der Waals surface area contributed by atoms with Gasteiger partial charge in [-0.2, -0.15) is 0 Å². The van der Waals surface area contributed by atoms with Gasteiger partial charge in [-0.05, 0) is 56.5 Å². The molecule has 0 spiro atoms. The number of aromatic nitrogens is 1. The maximum absolute atomic E-state index is 11.8. The van der Waals surface area contributed by atoms with Crippen LogP contribution in [0.15, 0.2) is 23.6 Å². The highest BCUT2D eigenvalue weighted by Gasteiger charge is 2.13. The van der Waals surface area contributed by atoms with Crippen molar-refractivity contribution in [3.05, 3.63) is 34.7 Å². The fraction of sp³-hybridized carbons (Fsp3) is 0.412. The quantitative estimate of drug-likeness (QED) is 0.805. The number of carbonyl (C=O) groups is 1. The van der Waals surface area contributed by atoms with Gasteiger partial charge < -0.3 is 10.6 Å². The lowest BCUT2D eigenvalue weighted by molar-refractivity contribution is -0.116. The number of rotatable bonds is 6. The van der Waals surface area contributed by atoms with Gasteiger partial charge in [-0.15, -0.1) is 11.3 Å². The molecule has 22 heavy (non-hydrogen) atoms. The summed E-state index contributed by atoms with van der Waals surface area (Å²) >= 11 is 1.49. The molecule has 5 heteroatoms. The van der Waals surface area contributed by atoms with Crippen molar-refractivity contribution in [3.63, 3.8) is 0 Å². The van der Waals surface area contributed by atoms with Crippen molar-refractivity contribution in [1.82, 2.24) is 10.3 Å². The molecule has 1 aliphatic rings. The van der Waals surface area contributed by atoms with Crippen molar-refractivity contribution < 1.29 is 4.79 Å². The number of aryl methyl sites for hydroxylation is 2. The fourth-order valence-corrected chi connectivity index (χ4v) is 3.54. The van der Waals surface area contributed by atoms with E-state index in [1.54, 1.807) is 0 Å². The molecule has 4 nitrogen and oxygen atoms in total. The standard InChI is InChI=1S/C17H21N3OS/c1-18-9-3-6-16(21)20-17-19-15(11-22-17)14-8-7-12-4-2-5-13(12)10-14/h7-8,10-11,18H,2-6,9H2,1H3,(H,19,20,21). The van der Waals surface area contributed by atoms with E-state index in [9.17, 15) is 4.79 Å². The van der Waals surface area contributed by atoms with E-state index in [0.29, 0.717) is 11.6 Å². The summed E-state index contributed by atoms with van der Waals surface area (Å²) in [6.07, 6.45) is 4.98. The van der Waals surface area contributed by atoms with Gasteiger partial charge >= 0.3 is 0 Å². The summed E-state index contributed by atoms with van der Waals surface area (Å²) in [5.74, 6) is 0.0325. The second kappa shape index (κ2) is 7.03. The first-order valence-corrected chi connectivity index (χ1v) is 8.66. The van der Waals surface area contributed by atoms with Crippen LogP contribution in [0.3, 0.4) is 0 Å². The predicted octanol–water partition coefficient (Wildman–Crippen LogP) is 3.24. The molecule has 0 bridgehead atoms. The molecule has 0 unspecified atom stereocenters. The van der Waals surface area contributed by atoms with Gasteiger partial charge in [-0.1, -0.05) is 12.1 Å². The van der Waals surface area contributed by atoms with E-state index >= 15 is 0 Å². The van der Waals surface area contributed by atoms with Crippen molar-refractivity contribution >= 4 is 22.4 Å². The summed E-state index contributed by atoms with van der Waals surface area (Å²) < 4.78 is 0. The van der Waals surface area contributed by atoms with E-state index in [0.717, 1.165) is 24.2 Å². The molecule has 1 aromatic carbocycles. The summed E-state index contributed by atoms with van der Waals surface area (Å²) in [7, 11) is 1.89. The van der Waals surface area contributed by atoms with Gasteiger partial charge in [-0.25, -0.2) is 4.98 Å². The first-order chi connectivity index (χ1) is 10.8. The van der Waals surface area contributed by atoms with E-state index in [4.69, 9.17) is 0 Å². The lowest BCUT2D eigenvalue weighted by atomic mass is 10.1. The molecule has 0 saturated heterocycles. The Labute approximate surface area is 135 Å². The largest absolute Gasteiger partial charge is 0.320 e. The van der Waals surface area contributed by atoms with Gasteiger partial charge in [0.2, 0.25) is 5.91 Å². The summed E-state index contributed by atoms with van der Waals surface area (Å²) in [6.45, 7) is 0.853. The zero-order valence-corrected chi connectivity index (χ0v) is 13.6. The monoisotopic (exact) mass is 315 g/mol. The van der Waals surface area contributed by atoms with E-state index in [2.05, 4.69) is 33.8 Å². The second-order valence-electron chi connectivity index (χ2n) is 5.63. The maximum Gasteiger partial charge on any atom is 0.226 e. The molecule has 1 aliphatic carbocycles. The molecule has 116 valence electrons. The van der Waals surface area contributed by atoms with Gasteiger partial charge in [0.05, 0.1) is 5.69 Å². The van der Waals surface area contributed by atoms with Gasteiger partial charge in [0.25, 0.3) is 0 Å². The van der Waals surface area contributed by atoms with Gasteiger partial charge in [0.1, 0.15) is 0 Å². The minimum absolute atomic E-state index is 0.0325. The molecule has 0 saturated carbocycles. The number of hydrogen-bond donors (Lipinski definition) is 2. The van der Waals surface area contributed by atoms with Crippen LogP contribution in [0.5, 0.6) is 0 Å². The Morgan fingerprint density at radius 3 is 3.05 bits per heavy atom. The topological polar surface area (TPSA) is 54.0 Å². The van der Waals surface area contributed by atoms with Crippen LogP contribution in [0.4, 0.5) is 5.13 Å². The Morgan fingerprint density at radius 2 is 2.18 bits per heavy atom. The summed E-state index contributed by atoms with van der Waals surface area (Å²) in [6, 6.07) is 6.60. The van der Waals surface area contributed by atoms with Gasteiger partial charge in [0, 0.05) is 17.4 Å². The molecule has 0 atom stereocenters. The first kappa shape index (κ1) is 15.2. The van der Waals surface area contributed by atoms with Crippen molar-refractivity contribution in [2.24, 2.45) is 0 Å². The molecular formula is C17H21N3OS. The van der Waals surface area contributed by atoms with Gasteiger partial charge in [0.15, 0.2) is 5.13 Å². The van der Waals surface area contributed by atoms with Crippen LogP contribution in [-0.2, 0) is 17.6 Å². The lowest BCUT2D eigenvalue weighted by Gasteiger charge is -2.03. The van der Waals surface area contributed by atoms with E-state index in [1.807, 2.05) is 12.4 Å². The number of amides is 1. The smallest absolute Gasteiger partial charge is 0.226 e. The lowest BCUT2D eigenvalue weighted by Crippen LogP contribution is -2.15. The van der Waals surface area contributed by atoms with Crippen molar-refractivity contribution in [2.45, 2.75) is 32.1 Å². The Balaban J connectivity index is 1.65. The third-order valence-electron chi connectivity index (χ3n) is 3.98. The fourth-order valence-electron chi connectivity index (χ4n) is 2.80. The first-order valence-electron chi connectivity index (χ1n) is 7.78. The van der Waals surface area contributed by atoms with Crippen LogP contribution in [-0.4, -0.2) is 24.5 Å². The third-order valence-corrected chi connectivity index (χ3v) is 4.73. The zero-order chi connectivity index (χ0) is 15.4. The molecular weight excluding hydrogens is 294 g/mol. The normalized spacial score (nSPS) is 13.1. The average molecular weight is 315 g/mol. The maximum atomic E-state index is 11.8. The summed E-state index contributed by atoms with van der Waals surface area (Å²) in [5, 5.41) is 8.62. The number of fused-ring (bicyclic) bond motifs is 1. The predicted molar refractivity (Wildman–Crippen MR) is 91.4 cm³/mol. The zero-order valence-electron chi connectivity index (χ0n) is 12.8. The molecule has 0 radical (unpaired) electrons. The summed E-state index contributed by atoms with van der Waals surface area (Å²) in [5.41, 5.74) is 5.01. The van der Waals surface area contributed by atoms with Crippen LogP contribution in [0.25, 0.3) is 11.3 Å². The number of benzene rings is 1. The number of carbonyl (C=O) groups excluding carboxylic acids is 1. The van der Waals surface area contributed by atoms with Crippen molar-refractivity contribution in [3.8, 4) is 11.3 Å². The molecule has 0 aliphatic heterocycles. The molecule has 0 fully saturated rings. The Bertz CT molecular complexity index is 666. The van der Waals surface area contributed by atoms with Crippen LogP contribution < -0.4 is 10.6 Å². The number of hydrogen-bond acceptors (Lipinski definition) is 4. The van der Waals surface area contributed by atoms with Gasteiger partial charge in [-0.3, -0.25) is 4.79 Å². The average Bonchev–Trinajstić information content (AvgIpc) is 3.15. The highest BCUT2D eigenvalue weighted by atomic mass is 32.1. The van der Waals surface area contributed by atoms with E-state index in [1.165, 1.54) is 41.7 Å². The summed E-state index contributed by atoms with van der Waals surface area (Å²) in [4.78, 5) is 16.4. The Kier molecular flexibility index (Phi) is 4.85. The van der Waals surface area contributed by atoms with Crippen LogP contribution in [0, 0.1) is 0 Å². The Morgan fingerprint density at radius 1 is 1.32 bits per heavy atom. The van der Waals surface area contributed by atoms with Crippen molar-refractivity contribution in [2.75, 3.05) is 18.9 Å². The molecule has 3 rings (SSSR count). The number of nitrogens with one attached hydrogen (secondary N) is 2. The van der Waals surface area contributed by atoms with Crippen LogP contribution in [0.2, 0.25) is 0 Å². The van der Waals surface area contributed by atoms with Crippen LogP contribution >= 0.6 is 11.3 Å². The highest BCUT2D eigenvalue weighted by molar-refractivity contribution is 7.14. The number of nitrogens with zero attached hydrogens (tertiary/aromatic N) is 1. The number of anilines is 1. The highest BCUT2D eigenvalue weighted by Crippen LogP contribution is 2.30. The minimum atomic E-state index is 0.0325.